The quantitative estimate of drug-likeness (QED) is 0.302. The first-order chi connectivity index (χ1) is 19.7. The predicted octanol–water partition coefficient (Wildman–Crippen LogP) is 2.46. The molecule has 0 bridgehead atoms. The number of carbonyl (C=O) groups is 5. The minimum absolute atomic E-state index is 0.0595. The summed E-state index contributed by atoms with van der Waals surface area (Å²) in [6, 6.07) is 4.61. The zero-order valence-electron chi connectivity index (χ0n) is 26.5. The smallest absolute Gasteiger partial charge is 0.243 e. The van der Waals surface area contributed by atoms with E-state index in [0.29, 0.717) is 19.3 Å². The maximum atomic E-state index is 13.7. The molecule has 0 saturated carbocycles. The average molecular weight is 586 g/mol. The Morgan fingerprint density at radius 3 is 1.26 bits per heavy atom. The van der Waals surface area contributed by atoms with E-state index in [4.69, 9.17) is 0 Å². The lowest BCUT2D eigenvalue weighted by Crippen LogP contribution is -2.59. The van der Waals surface area contributed by atoms with Crippen molar-refractivity contribution >= 4 is 29.5 Å². The summed E-state index contributed by atoms with van der Waals surface area (Å²) in [6.45, 7) is 15.3. The lowest BCUT2D eigenvalue weighted by Gasteiger charge is -2.28. The first-order valence-corrected chi connectivity index (χ1v) is 15.2. The van der Waals surface area contributed by atoms with Crippen LogP contribution in [0, 0.1) is 23.7 Å². The minimum atomic E-state index is -0.994. The lowest BCUT2D eigenvalue weighted by atomic mass is 9.98. The fraction of sp³-hybridized carbons (Fsp3) is 0.656. The number of carbonyl (C=O) groups excluding carboxylic acids is 5. The molecule has 234 valence electrons. The third-order valence-corrected chi connectivity index (χ3v) is 7.18. The van der Waals surface area contributed by atoms with Crippen LogP contribution < -0.4 is 26.6 Å². The second-order valence-corrected chi connectivity index (χ2v) is 13.1. The molecule has 0 unspecified atom stereocenters. The van der Waals surface area contributed by atoms with Crippen LogP contribution >= 0.6 is 0 Å². The fourth-order valence-corrected chi connectivity index (χ4v) is 5.04. The van der Waals surface area contributed by atoms with Gasteiger partial charge < -0.3 is 26.6 Å². The second-order valence-electron chi connectivity index (χ2n) is 13.1. The molecule has 10 heteroatoms. The van der Waals surface area contributed by atoms with Gasteiger partial charge in [-0.2, -0.15) is 0 Å². The summed E-state index contributed by atoms with van der Waals surface area (Å²) in [5.41, 5.74) is 0.830. The van der Waals surface area contributed by atoms with E-state index < -0.39 is 59.7 Å². The van der Waals surface area contributed by atoms with Gasteiger partial charge in [0, 0.05) is 6.42 Å². The average Bonchev–Trinajstić information content (AvgIpc) is 2.89. The number of hydrogen-bond donors (Lipinski definition) is 5. The summed E-state index contributed by atoms with van der Waals surface area (Å²) < 4.78 is 0. The van der Waals surface area contributed by atoms with Gasteiger partial charge in [-0.1, -0.05) is 85.7 Å². The molecular formula is C32H51N5O5. The highest BCUT2D eigenvalue weighted by Gasteiger charge is 2.36. The van der Waals surface area contributed by atoms with Crippen LogP contribution in [0.2, 0.25) is 0 Å². The summed E-state index contributed by atoms with van der Waals surface area (Å²) >= 11 is 0. The van der Waals surface area contributed by atoms with Gasteiger partial charge in [-0.05, 0) is 48.5 Å². The van der Waals surface area contributed by atoms with Gasteiger partial charge in [-0.3, -0.25) is 24.0 Å². The Morgan fingerprint density at radius 2 is 0.857 bits per heavy atom. The molecule has 5 N–H and O–H groups in total. The van der Waals surface area contributed by atoms with Gasteiger partial charge in [0.1, 0.15) is 30.2 Å². The van der Waals surface area contributed by atoms with Gasteiger partial charge in [0.05, 0.1) is 0 Å². The van der Waals surface area contributed by atoms with Gasteiger partial charge in [-0.15, -0.1) is 0 Å². The van der Waals surface area contributed by atoms with E-state index in [0.717, 1.165) is 5.56 Å². The van der Waals surface area contributed by atoms with Crippen LogP contribution in [-0.2, 0) is 30.4 Å². The van der Waals surface area contributed by atoms with Crippen molar-refractivity contribution in [3.8, 4) is 0 Å². The molecule has 1 aromatic carbocycles. The normalized spacial score (nSPS) is 25.0. The Labute approximate surface area is 250 Å². The Balaban J connectivity index is 2.59. The molecule has 42 heavy (non-hydrogen) atoms. The van der Waals surface area contributed by atoms with Crippen molar-refractivity contribution in [2.45, 2.75) is 111 Å². The first-order valence-electron chi connectivity index (χ1n) is 15.2. The van der Waals surface area contributed by atoms with Crippen molar-refractivity contribution in [1.82, 2.24) is 26.6 Å². The topological polar surface area (TPSA) is 146 Å². The first kappa shape index (κ1) is 34.8. The zero-order chi connectivity index (χ0) is 31.6. The molecule has 0 radical (unpaired) electrons. The number of amides is 5. The van der Waals surface area contributed by atoms with Crippen molar-refractivity contribution in [2.75, 3.05) is 0 Å². The van der Waals surface area contributed by atoms with Crippen molar-refractivity contribution in [1.29, 1.82) is 0 Å². The molecule has 1 aromatic rings. The summed E-state index contributed by atoms with van der Waals surface area (Å²) in [6.07, 6.45) is 1.21. The number of hydrogen-bond acceptors (Lipinski definition) is 5. The predicted molar refractivity (Wildman–Crippen MR) is 163 cm³/mol. The van der Waals surface area contributed by atoms with Crippen LogP contribution in [0.25, 0.3) is 0 Å². The summed E-state index contributed by atoms with van der Waals surface area (Å²) in [5, 5.41) is 14.2. The van der Waals surface area contributed by atoms with Gasteiger partial charge in [0.15, 0.2) is 0 Å². The zero-order valence-corrected chi connectivity index (χ0v) is 26.5. The molecule has 2 rings (SSSR count). The maximum Gasteiger partial charge on any atom is 0.243 e. The van der Waals surface area contributed by atoms with E-state index in [-0.39, 0.29) is 30.1 Å². The summed E-state index contributed by atoms with van der Waals surface area (Å²) in [5.74, 6) is -2.57. The van der Waals surface area contributed by atoms with E-state index in [2.05, 4.69) is 26.6 Å². The van der Waals surface area contributed by atoms with Crippen molar-refractivity contribution in [3.63, 3.8) is 0 Å². The van der Waals surface area contributed by atoms with Crippen LogP contribution in [-0.4, -0.2) is 59.7 Å². The number of benzene rings is 1. The maximum absolute atomic E-state index is 13.7. The highest BCUT2D eigenvalue weighted by Crippen LogP contribution is 2.14. The molecule has 1 aliphatic heterocycles. The van der Waals surface area contributed by atoms with Crippen LogP contribution in [0.3, 0.4) is 0 Å². The molecule has 1 heterocycles. The van der Waals surface area contributed by atoms with E-state index in [9.17, 15) is 24.0 Å². The van der Waals surface area contributed by atoms with E-state index >= 15 is 0 Å². The third-order valence-electron chi connectivity index (χ3n) is 7.18. The van der Waals surface area contributed by atoms with Crippen molar-refractivity contribution in [2.24, 2.45) is 23.7 Å². The second kappa shape index (κ2) is 16.3. The molecule has 1 aliphatic rings. The molecule has 5 atom stereocenters. The highest BCUT2D eigenvalue weighted by atomic mass is 16.2. The van der Waals surface area contributed by atoms with E-state index in [1.165, 1.54) is 0 Å². The van der Waals surface area contributed by atoms with Crippen LogP contribution in [0.5, 0.6) is 0 Å². The summed E-state index contributed by atoms with van der Waals surface area (Å²) in [7, 11) is 0. The molecule has 5 amide bonds. The molecule has 0 spiro atoms. The highest BCUT2D eigenvalue weighted by molar-refractivity contribution is 5.98. The third kappa shape index (κ3) is 11.1. The molecule has 1 fully saturated rings. The Kier molecular flexibility index (Phi) is 13.5. The largest absolute Gasteiger partial charge is 0.343 e. The van der Waals surface area contributed by atoms with Gasteiger partial charge in [0.2, 0.25) is 29.5 Å². The van der Waals surface area contributed by atoms with Crippen LogP contribution in [0.1, 0.15) is 80.2 Å². The van der Waals surface area contributed by atoms with Gasteiger partial charge >= 0.3 is 0 Å². The monoisotopic (exact) mass is 585 g/mol. The Hall–Kier alpha value is -3.43. The Morgan fingerprint density at radius 1 is 0.500 bits per heavy atom. The van der Waals surface area contributed by atoms with Crippen molar-refractivity contribution in [3.05, 3.63) is 35.9 Å². The summed E-state index contributed by atoms with van der Waals surface area (Å²) in [4.78, 5) is 68.0. The molecule has 1 saturated heterocycles. The van der Waals surface area contributed by atoms with Crippen LogP contribution in [0.15, 0.2) is 30.3 Å². The SMILES string of the molecule is CC(C)C[C@@H]1NC(=O)[C@H](CC(C)C)NC(=O)[C@H](C(C)C)NC(=O)[C@@H](CC(C)C)NC(=O)[C@@H](Cc2ccccc2)NC1=O. The molecule has 0 aromatic heterocycles. The van der Waals surface area contributed by atoms with Gasteiger partial charge in [0.25, 0.3) is 0 Å². The lowest BCUT2D eigenvalue weighted by molar-refractivity contribution is -0.135. The number of nitrogens with one attached hydrogen (secondary N) is 5. The van der Waals surface area contributed by atoms with Crippen LogP contribution in [0.4, 0.5) is 0 Å². The standard InChI is InChI=1S/C32H51N5O5/c1-18(2)14-23-28(38)35-26(17-22-12-10-9-11-13-22)30(40)34-25(16-20(5)6)31(41)37-27(21(7)8)32(42)36-24(15-19(3)4)29(39)33-23/h9-13,18-21,23-27H,14-17H2,1-8H3,(H,33,39)(H,34,40)(H,35,38)(H,36,42)(H,37,41)/t23-,24-,25+,26+,27-/m0/s1. The number of rotatable bonds is 9. The Bertz CT molecular complexity index is 1070. The molecule has 10 nitrogen and oxygen atoms in total. The van der Waals surface area contributed by atoms with E-state index in [1.54, 1.807) is 0 Å². The van der Waals surface area contributed by atoms with Crippen molar-refractivity contribution < 1.29 is 24.0 Å². The van der Waals surface area contributed by atoms with Gasteiger partial charge in [-0.25, -0.2) is 0 Å². The van der Waals surface area contributed by atoms with E-state index in [1.807, 2.05) is 85.7 Å². The molecule has 0 aliphatic carbocycles. The fourth-order valence-electron chi connectivity index (χ4n) is 5.04. The minimum Gasteiger partial charge on any atom is -0.343 e. The molecular weight excluding hydrogens is 534 g/mol.